The minimum absolute atomic E-state index is 0.111. The molecule has 0 aliphatic heterocycles. The van der Waals surface area contributed by atoms with Crippen molar-refractivity contribution in [2.45, 2.75) is 40.2 Å². The van der Waals surface area contributed by atoms with E-state index in [0.717, 1.165) is 22.5 Å². The van der Waals surface area contributed by atoms with Gasteiger partial charge in [-0.3, -0.25) is 14.4 Å². The molecule has 0 saturated heterocycles. The molecular formula is C22H26N6O3. The van der Waals surface area contributed by atoms with E-state index in [1.807, 2.05) is 26.8 Å². The summed E-state index contributed by atoms with van der Waals surface area (Å²) in [4.78, 5) is 40.3. The van der Waals surface area contributed by atoms with Gasteiger partial charge in [-0.05, 0) is 50.5 Å². The lowest BCUT2D eigenvalue weighted by Gasteiger charge is -2.12. The highest BCUT2D eigenvalue weighted by Crippen LogP contribution is 2.18. The Hall–Kier alpha value is -3.75. The van der Waals surface area contributed by atoms with Crippen LogP contribution in [0.3, 0.4) is 0 Å². The Balaban J connectivity index is 1.64. The Morgan fingerprint density at radius 3 is 2.65 bits per heavy atom. The smallest absolute Gasteiger partial charge is 0.254 e. The average molecular weight is 422 g/mol. The number of rotatable bonds is 8. The predicted molar refractivity (Wildman–Crippen MR) is 116 cm³/mol. The molecule has 0 unspecified atom stereocenters. The summed E-state index contributed by atoms with van der Waals surface area (Å²) in [6.07, 6.45) is 2.16. The lowest BCUT2D eigenvalue weighted by Crippen LogP contribution is -2.25. The van der Waals surface area contributed by atoms with Gasteiger partial charge in [-0.25, -0.2) is 9.50 Å². The van der Waals surface area contributed by atoms with Crippen LogP contribution in [0.5, 0.6) is 0 Å². The summed E-state index contributed by atoms with van der Waals surface area (Å²) >= 11 is 0. The molecule has 162 valence electrons. The molecule has 0 spiro atoms. The van der Waals surface area contributed by atoms with E-state index in [2.05, 4.69) is 20.7 Å². The molecule has 3 amide bonds. The van der Waals surface area contributed by atoms with Crippen LogP contribution in [0.4, 0.5) is 0 Å². The van der Waals surface area contributed by atoms with Gasteiger partial charge in [-0.1, -0.05) is 12.1 Å². The van der Waals surface area contributed by atoms with Crippen LogP contribution >= 0.6 is 0 Å². The number of primary amides is 1. The number of carbonyl (C=O) groups excluding carboxylic acids is 3. The second-order valence-corrected chi connectivity index (χ2v) is 7.26. The SMILES string of the molecule is CCNC(=O)c1cccc(CNC(=O)CCc2c(C)nc3c(C(N)=O)cnn3c2C)c1. The molecule has 0 saturated carbocycles. The Labute approximate surface area is 180 Å². The van der Waals surface area contributed by atoms with Crippen LogP contribution in [0, 0.1) is 13.8 Å². The van der Waals surface area contributed by atoms with Crippen molar-refractivity contribution in [3.05, 3.63) is 64.1 Å². The number of nitrogens with two attached hydrogens (primary N) is 1. The van der Waals surface area contributed by atoms with Gasteiger partial charge in [0, 0.05) is 36.5 Å². The van der Waals surface area contributed by atoms with E-state index in [4.69, 9.17) is 5.73 Å². The maximum atomic E-state index is 12.4. The van der Waals surface area contributed by atoms with Gasteiger partial charge in [-0.2, -0.15) is 5.10 Å². The second-order valence-electron chi connectivity index (χ2n) is 7.26. The number of nitrogens with zero attached hydrogens (tertiary/aromatic N) is 3. The summed E-state index contributed by atoms with van der Waals surface area (Å²) in [7, 11) is 0. The average Bonchev–Trinajstić information content (AvgIpc) is 3.16. The largest absolute Gasteiger partial charge is 0.365 e. The summed E-state index contributed by atoms with van der Waals surface area (Å²) in [6, 6.07) is 7.17. The molecule has 0 bridgehead atoms. The van der Waals surface area contributed by atoms with Crippen LogP contribution < -0.4 is 16.4 Å². The molecule has 0 aliphatic rings. The maximum absolute atomic E-state index is 12.4. The first-order chi connectivity index (χ1) is 14.8. The number of aryl methyl sites for hydroxylation is 2. The molecule has 9 heteroatoms. The van der Waals surface area contributed by atoms with Crippen molar-refractivity contribution in [1.29, 1.82) is 0 Å². The van der Waals surface area contributed by atoms with Crippen molar-refractivity contribution in [3.8, 4) is 0 Å². The van der Waals surface area contributed by atoms with Gasteiger partial charge in [0.15, 0.2) is 5.65 Å². The summed E-state index contributed by atoms with van der Waals surface area (Å²) in [5.41, 5.74) is 9.93. The molecule has 1 aromatic carbocycles. The van der Waals surface area contributed by atoms with Crippen molar-refractivity contribution in [3.63, 3.8) is 0 Å². The molecule has 0 fully saturated rings. The topological polar surface area (TPSA) is 131 Å². The van der Waals surface area contributed by atoms with Gasteiger partial charge in [0.1, 0.15) is 5.56 Å². The molecule has 9 nitrogen and oxygen atoms in total. The van der Waals surface area contributed by atoms with E-state index in [1.165, 1.54) is 6.20 Å². The normalized spacial score (nSPS) is 10.8. The zero-order chi connectivity index (χ0) is 22.5. The number of carbonyl (C=O) groups is 3. The van der Waals surface area contributed by atoms with Gasteiger partial charge < -0.3 is 16.4 Å². The third kappa shape index (κ3) is 4.88. The molecule has 3 aromatic rings. The number of benzene rings is 1. The zero-order valence-corrected chi connectivity index (χ0v) is 17.9. The summed E-state index contributed by atoms with van der Waals surface area (Å²) < 4.78 is 1.58. The first kappa shape index (κ1) is 21.9. The fourth-order valence-electron chi connectivity index (χ4n) is 3.46. The first-order valence-corrected chi connectivity index (χ1v) is 10.1. The van der Waals surface area contributed by atoms with Crippen molar-refractivity contribution in [1.82, 2.24) is 25.2 Å². The number of hydrogen-bond acceptors (Lipinski definition) is 5. The Bertz CT molecular complexity index is 1150. The fourth-order valence-corrected chi connectivity index (χ4v) is 3.46. The third-order valence-corrected chi connectivity index (χ3v) is 5.09. The predicted octanol–water partition coefficient (Wildman–Crippen LogP) is 1.44. The van der Waals surface area contributed by atoms with E-state index >= 15 is 0 Å². The molecule has 0 radical (unpaired) electrons. The number of hydrogen-bond donors (Lipinski definition) is 3. The van der Waals surface area contributed by atoms with Crippen LogP contribution in [0.15, 0.2) is 30.5 Å². The van der Waals surface area contributed by atoms with Crippen LogP contribution in [0.25, 0.3) is 5.65 Å². The summed E-state index contributed by atoms with van der Waals surface area (Å²) in [5, 5.41) is 9.85. The minimum Gasteiger partial charge on any atom is -0.365 e. The van der Waals surface area contributed by atoms with Gasteiger partial charge in [0.2, 0.25) is 5.91 Å². The van der Waals surface area contributed by atoms with E-state index in [-0.39, 0.29) is 23.8 Å². The second kappa shape index (κ2) is 9.38. The van der Waals surface area contributed by atoms with Crippen molar-refractivity contribution in [2.24, 2.45) is 5.73 Å². The third-order valence-electron chi connectivity index (χ3n) is 5.09. The summed E-state index contributed by atoms with van der Waals surface area (Å²) in [6.45, 7) is 6.47. The van der Waals surface area contributed by atoms with Crippen LogP contribution in [-0.4, -0.2) is 38.9 Å². The van der Waals surface area contributed by atoms with Gasteiger partial charge in [0.05, 0.1) is 6.20 Å². The van der Waals surface area contributed by atoms with Crippen LogP contribution in [0.2, 0.25) is 0 Å². The van der Waals surface area contributed by atoms with Crippen LogP contribution in [0.1, 0.15) is 56.6 Å². The summed E-state index contributed by atoms with van der Waals surface area (Å²) in [5.74, 6) is -0.826. The molecule has 31 heavy (non-hydrogen) atoms. The number of amides is 3. The molecular weight excluding hydrogens is 396 g/mol. The Kier molecular flexibility index (Phi) is 6.64. The monoisotopic (exact) mass is 422 g/mol. The standard InChI is InChI=1S/C22H26N6O3/c1-4-24-22(31)16-7-5-6-15(10-16)11-25-19(29)9-8-17-13(2)27-21-18(20(23)30)12-26-28(21)14(17)3/h5-7,10,12H,4,8-9,11H2,1-3H3,(H2,23,30)(H,24,31)(H,25,29). The molecule has 4 N–H and O–H groups in total. The molecule has 0 aliphatic carbocycles. The fraction of sp³-hybridized carbons (Fsp3) is 0.318. The quantitative estimate of drug-likeness (QED) is 0.505. The number of nitrogens with one attached hydrogen (secondary N) is 2. The molecule has 2 heterocycles. The first-order valence-electron chi connectivity index (χ1n) is 10.1. The highest BCUT2D eigenvalue weighted by Gasteiger charge is 2.17. The minimum atomic E-state index is -0.579. The zero-order valence-electron chi connectivity index (χ0n) is 17.9. The van der Waals surface area contributed by atoms with E-state index < -0.39 is 5.91 Å². The van der Waals surface area contributed by atoms with E-state index in [1.54, 1.807) is 22.7 Å². The lowest BCUT2D eigenvalue weighted by atomic mass is 10.1. The van der Waals surface area contributed by atoms with Crippen molar-refractivity contribution < 1.29 is 14.4 Å². The molecule has 2 aromatic heterocycles. The number of aromatic nitrogens is 3. The highest BCUT2D eigenvalue weighted by molar-refractivity contribution is 5.98. The van der Waals surface area contributed by atoms with Crippen molar-refractivity contribution in [2.75, 3.05) is 6.54 Å². The lowest BCUT2D eigenvalue weighted by molar-refractivity contribution is -0.121. The Morgan fingerprint density at radius 2 is 1.94 bits per heavy atom. The van der Waals surface area contributed by atoms with E-state index in [0.29, 0.717) is 30.7 Å². The maximum Gasteiger partial charge on any atom is 0.254 e. The van der Waals surface area contributed by atoms with Gasteiger partial charge in [-0.15, -0.1) is 0 Å². The molecule has 0 atom stereocenters. The van der Waals surface area contributed by atoms with Gasteiger partial charge in [0.25, 0.3) is 11.8 Å². The van der Waals surface area contributed by atoms with E-state index in [9.17, 15) is 14.4 Å². The van der Waals surface area contributed by atoms with Crippen molar-refractivity contribution >= 4 is 23.4 Å². The highest BCUT2D eigenvalue weighted by atomic mass is 16.2. The van der Waals surface area contributed by atoms with Crippen LogP contribution in [-0.2, 0) is 17.8 Å². The molecule has 3 rings (SSSR count). The number of fused-ring (bicyclic) bond motifs is 1. The Morgan fingerprint density at radius 1 is 1.16 bits per heavy atom. The van der Waals surface area contributed by atoms with Gasteiger partial charge >= 0.3 is 0 Å².